The maximum atomic E-state index is 6.22. The van der Waals surface area contributed by atoms with E-state index >= 15 is 0 Å². The van der Waals surface area contributed by atoms with Gasteiger partial charge in [-0.2, -0.15) is 0 Å². The Morgan fingerprint density at radius 3 is 1.84 bits per heavy atom. The largest absolute Gasteiger partial charge is 0.379 e. The molecule has 1 aromatic rings. The molecule has 0 spiro atoms. The van der Waals surface area contributed by atoms with Crippen LogP contribution in [0.5, 0.6) is 0 Å². The Bertz CT molecular complexity index is 589. The Hall–Kier alpha value is -1.27. The number of pyridine rings is 1. The van der Waals surface area contributed by atoms with Gasteiger partial charge in [0.05, 0.1) is 50.0 Å². The molecular weight excluding hydrogens is 402 g/mol. The van der Waals surface area contributed by atoms with Crippen LogP contribution in [-0.4, -0.2) is 43.6 Å². The third-order valence-electron chi connectivity index (χ3n) is 5.72. The minimum Gasteiger partial charge on any atom is -0.379 e. The Labute approximate surface area is 195 Å². The number of hydrogen-bond acceptors (Lipinski definition) is 5. The van der Waals surface area contributed by atoms with Gasteiger partial charge in [0.15, 0.2) is 0 Å². The fourth-order valence-corrected chi connectivity index (χ4v) is 4.06. The average molecular weight is 448 g/mol. The summed E-state index contributed by atoms with van der Waals surface area (Å²) in [7, 11) is 0. The zero-order chi connectivity index (χ0) is 23.2. The van der Waals surface area contributed by atoms with Crippen molar-refractivity contribution in [3.63, 3.8) is 0 Å². The van der Waals surface area contributed by atoms with E-state index in [-0.39, 0.29) is 12.2 Å². The van der Waals surface area contributed by atoms with Crippen molar-refractivity contribution in [2.24, 2.45) is 17.8 Å². The van der Waals surface area contributed by atoms with Gasteiger partial charge in [-0.1, -0.05) is 39.8 Å². The van der Waals surface area contributed by atoms with Crippen LogP contribution in [0.2, 0.25) is 0 Å². The number of fused-ring (bicyclic) bond motifs is 2. The fraction of sp³-hybridized carbons (Fsp3) is 0.741. The van der Waals surface area contributed by atoms with Gasteiger partial charge in [-0.05, 0) is 62.0 Å². The van der Waals surface area contributed by atoms with E-state index in [4.69, 9.17) is 23.9 Å². The molecule has 0 fully saturated rings. The van der Waals surface area contributed by atoms with Crippen molar-refractivity contribution in [1.82, 2.24) is 4.98 Å². The van der Waals surface area contributed by atoms with Crippen molar-refractivity contribution in [1.29, 1.82) is 0 Å². The predicted octanol–water partition coefficient (Wildman–Crippen LogP) is 5.96. The van der Waals surface area contributed by atoms with Crippen molar-refractivity contribution in [3.8, 4) is 0 Å². The van der Waals surface area contributed by atoms with Gasteiger partial charge in [0.2, 0.25) is 0 Å². The van der Waals surface area contributed by atoms with Crippen LogP contribution in [-0.2, 0) is 32.2 Å². The summed E-state index contributed by atoms with van der Waals surface area (Å²) in [6.45, 7) is 16.5. The lowest BCUT2D eigenvalue weighted by atomic mass is 9.98. The van der Waals surface area contributed by atoms with E-state index in [1.807, 2.05) is 24.3 Å². The van der Waals surface area contributed by atoms with Crippen molar-refractivity contribution < 1.29 is 18.9 Å². The second kappa shape index (κ2) is 15.5. The molecule has 0 saturated heterocycles. The molecule has 0 aromatic carbocycles. The maximum Gasteiger partial charge on any atom is 0.0892 e. The van der Waals surface area contributed by atoms with Gasteiger partial charge in [0, 0.05) is 13.2 Å². The number of rotatable bonds is 6. The molecule has 5 nitrogen and oxygen atoms in total. The van der Waals surface area contributed by atoms with Crippen molar-refractivity contribution >= 4 is 0 Å². The summed E-state index contributed by atoms with van der Waals surface area (Å²) in [5, 5.41) is 0. The number of aromatic nitrogens is 1. The number of hydrogen-bond donors (Lipinski definition) is 0. The average Bonchev–Trinajstić information content (AvgIpc) is 2.74. The molecule has 0 N–H and O–H groups in total. The summed E-state index contributed by atoms with van der Waals surface area (Å²) in [4.78, 5) is 4.75. The van der Waals surface area contributed by atoms with Crippen LogP contribution in [0.15, 0.2) is 30.9 Å². The van der Waals surface area contributed by atoms with E-state index in [1.54, 1.807) is 0 Å². The summed E-state index contributed by atoms with van der Waals surface area (Å²) in [6, 6.07) is 6.07. The van der Waals surface area contributed by atoms with Gasteiger partial charge in [0.1, 0.15) is 0 Å². The predicted molar refractivity (Wildman–Crippen MR) is 129 cm³/mol. The highest BCUT2D eigenvalue weighted by Gasteiger charge is 2.16. The third-order valence-corrected chi connectivity index (χ3v) is 5.72. The molecule has 32 heavy (non-hydrogen) atoms. The first kappa shape index (κ1) is 27.0. The molecule has 1 aliphatic rings. The van der Waals surface area contributed by atoms with E-state index in [1.165, 1.54) is 0 Å². The van der Waals surface area contributed by atoms with E-state index in [9.17, 15) is 0 Å². The summed E-state index contributed by atoms with van der Waals surface area (Å²) in [5.74, 6) is 1.64. The number of ether oxygens (including phenoxy) is 4. The minimum absolute atomic E-state index is 0.0761. The van der Waals surface area contributed by atoms with Gasteiger partial charge in [-0.25, -0.2) is 0 Å². The monoisotopic (exact) mass is 447 g/mol. The summed E-state index contributed by atoms with van der Waals surface area (Å²) in [5.41, 5.74) is 1.87. The Kier molecular flexibility index (Phi) is 13.1. The molecule has 1 aromatic heterocycles. The molecule has 0 aliphatic carbocycles. The highest BCUT2D eigenvalue weighted by molar-refractivity contribution is 5.10. The van der Waals surface area contributed by atoms with Crippen molar-refractivity contribution in [2.75, 3.05) is 26.4 Å². The fourth-order valence-electron chi connectivity index (χ4n) is 4.06. The Morgan fingerprint density at radius 1 is 0.906 bits per heavy atom. The van der Waals surface area contributed by atoms with E-state index in [0.29, 0.717) is 44.2 Å². The molecular formula is C27H45NO4. The van der Waals surface area contributed by atoms with Gasteiger partial charge < -0.3 is 18.9 Å². The standard InChI is InChI=1S/C27H45NO4/c1-6-8-23-11-13-29-19-26(15-21(2)3)31-17-24-9-7-10-25(28-24)18-32-27(16-22(4)5)20-30-14-12-23/h6-7,9-10,21-23,26-27H,1,8,11-20H2,2-5H3/t23?,26-,27?/m0/s1. The third kappa shape index (κ3) is 11.6. The van der Waals surface area contributed by atoms with Gasteiger partial charge >= 0.3 is 0 Å². The van der Waals surface area contributed by atoms with Crippen LogP contribution in [0, 0.1) is 17.8 Å². The van der Waals surface area contributed by atoms with Gasteiger partial charge in [-0.3, -0.25) is 4.98 Å². The van der Waals surface area contributed by atoms with Crippen LogP contribution < -0.4 is 0 Å². The van der Waals surface area contributed by atoms with Gasteiger partial charge in [-0.15, -0.1) is 6.58 Å². The lowest BCUT2D eigenvalue weighted by molar-refractivity contribution is -0.0442. The lowest BCUT2D eigenvalue weighted by Gasteiger charge is -2.23. The first-order valence-electron chi connectivity index (χ1n) is 12.4. The van der Waals surface area contributed by atoms with E-state index < -0.39 is 0 Å². The number of allylic oxidation sites excluding steroid dienone is 1. The Balaban J connectivity index is 2.07. The van der Waals surface area contributed by atoms with E-state index in [2.05, 4.69) is 34.3 Å². The first-order chi connectivity index (χ1) is 15.5. The van der Waals surface area contributed by atoms with Crippen LogP contribution in [0.25, 0.3) is 0 Å². The molecule has 2 bridgehead atoms. The SMILES string of the molecule is C=CCC1CCOCC(CC(C)C)OCc2cccc(n2)CO[C@@H](CC(C)C)COCC1. The first-order valence-corrected chi connectivity index (χ1v) is 12.4. The highest BCUT2D eigenvalue weighted by atomic mass is 16.5. The van der Waals surface area contributed by atoms with Crippen LogP contribution in [0.4, 0.5) is 0 Å². The van der Waals surface area contributed by atoms with Crippen LogP contribution in [0.3, 0.4) is 0 Å². The molecule has 1 aliphatic heterocycles. The molecule has 3 atom stereocenters. The quantitative estimate of drug-likeness (QED) is 0.503. The zero-order valence-electron chi connectivity index (χ0n) is 20.8. The molecule has 5 heteroatoms. The molecule has 2 unspecified atom stereocenters. The maximum absolute atomic E-state index is 6.22. The highest BCUT2D eigenvalue weighted by Crippen LogP contribution is 2.18. The van der Waals surface area contributed by atoms with E-state index in [0.717, 1.165) is 56.7 Å². The molecule has 0 amide bonds. The minimum atomic E-state index is 0.0761. The number of nitrogens with zero attached hydrogens (tertiary/aromatic N) is 1. The summed E-state index contributed by atoms with van der Waals surface area (Å²) < 4.78 is 24.5. The van der Waals surface area contributed by atoms with Crippen LogP contribution in [0.1, 0.15) is 71.2 Å². The normalized spacial score (nSPS) is 24.8. The Morgan fingerprint density at radius 2 is 1.41 bits per heavy atom. The van der Waals surface area contributed by atoms with Gasteiger partial charge in [0.25, 0.3) is 0 Å². The van der Waals surface area contributed by atoms with Crippen molar-refractivity contribution in [2.45, 2.75) is 85.2 Å². The smallest absolute Gasteiger partial charge is 0.0892 e. The van der Waals surface area contributed by atoms with Crippen molar-refractivity contribution in [3.05, 3.63) is 42.2 Å². The summed E-state index contributed by atoms with van der Waals surface area (Å²) >= 11 is 0. The summed E-state index contributed by atoms with van der Waals surface area (Å²) in [6.07, 6.45) is 7.13. The topological polar surface area (TPSA) is 49.8 Å². The van der Waals surface area contributed by atoms with Crippen LogP contribution >= 0.6 is 0 Å². The second-order valence-electron chi connectivity index (χ2n) is 9.86. The zero-order valence-corrected chi connectivity index (χ0v) is 20.8. The molecule has 2 heterocycles. The lowest BCUT2D eigenvalue weighted by Crippen LogP contribution is -2.24. The molecule has 182 valence electrons. The molecule has 0 saturated carbocycles. The molecule has 0 radical (unpaired) electrons. The second-order valence-corrected chi connectivity index (χ2v) is 9.86. The molecule has 2 rings (SSSR count).